The van der Waals surface area contributed by atoms with Crippen LogP contribution in [0.4, 0.5) is 0 Å². The molecule has 196 valence electrons. The van der Waals surface area contributed by atoms with E-state index in [2.05, 4.69) is 10.2 Å². The summed E-state index contributed by atoms with van der Waals surface area (Å²) in [6.45, 7) is 4.23. The molecule has 1 saturated heterocycles. The van der Waals surface area contributed by atoms with Gasteiger partial charge in [-0.25, -0.2) is 8.42 Å². The lowest BCUT2D eigenvalue weighted by molar-refractivity contribution is -0.143. The number of likely N-dealkylation sites (tertiary alicyclic amines) is 1. The number of methoxy groups -OCH3 is 1. The van der Waals surface area contributed by atoms with E-state index in [1.165, 1.54) is 0 Å². The van der Waals surface area contributed by atoms with Gasteiger partial charge in [0.2, 0.25) is 6.79 Å². The number of nitrogens with zero attached hydrogens (tertiary/aromatic N) is 1. The molecule has 2 aliphatic heterocycles. The Morgan fingerprint density at radius 3 is 2.53 bits per heavy atom. The Morgan fingerprint density at radius 1 is 1.11 bits per heavy atom. The van der Waals surface area contributed by atoms with E-state index in [9.17, 15) is 18.3 Å². The van der Waals surface area contributed by atoms with E-state index in [-0.39, 0.29) is 30.3 Å². The summed E-state index contributed by atoms with van der Waals surface area (Å²) in [7, 11) is -1.38. The van der Waals surface area contributed by atoms with Gasteiger partial charge in [-0.05, 0) is 48.4 Å². The SMILES string of the molecule is CCS(=O)(=O)CCCNCCN1C[C@H](c2ccc3c(c2)OCO3)[C@H](C(=O)O)[C@H]1c1ccc(OC)cc1. The van der Waals surface area contributed by atoms with Crippen molar-refractivity contribution in [3.05, 3.63) is 53.6 Å². The van der Waals surface area contributed by atoms with Crippen LogP contribution in [0.3, 0.4) is 0 Å². The molecule has 0 unspecified atom stereocenters. The molecule has 9 nitrogen and oxygen atoms in total. The highest BCUT2D eigenvalue weighted by Gasteiger charge is 2.47. The molecule has 0 amide bonds. The van der Waals surface area contributed by atoms with Crippen molar-refractivity contribution >= 4 is 15.8 Å². The van der Waals surface area contributed by atoms with Crippen molar-refractivity contribution in [1.29, 1.82) is 0 Å². The number of aliphatic carboxylic acids is 1. The Labute approximate surface area is 212 Å². The van der Waals surface area contributed by atoms with Crippen molar-refractivity contribution in [1.82, 2.24) is 10.2 Å². The maximum absolute atomic E-state index is 12.6. The average molecular weight is 519 g/mol. The zero-order valence-corrected chi connectivity index (χ0v) is 21.5. The van der Waals surface area contributed by atoms with Crippen molar-refractivity contribution in [2.45, 2.75) is 25.3 Å². The predicted molar refractivity (Wildman–Crippen MR) is 136 cm³/mol. The van der Waals surface area contributed by atoms with E-state index in [4.69, 9.17) is 14.2 Å². The molecule has 2 N–H and O–H groups in total. The number of benzene rings is 2. The number of sulfone groups is 1. The third-order valence-corrected chi connectivity index (χ3v) is 8.78. The van der Waals surface area contributed by atoms with Crippen LogP contribution >= 0.6 is 0 Å². The number of fused-ring (bicyclic) bond motifs is 1. The minimum Gasteiger partial charge on any atom is -0.497 e. The second kappa shape index (κ2) is 11.5. The molecule has 10 heteroatoms. The van der Waals surface area contributed by atoms with Gasteiger partial charge < -0.3 is 24.6 Å². The van der Waals surface area contributed by atoms with Gasteiger partial charge in [0.25, 0.3) is 0 Å². The molecule has 2 aliphatic rings. The van der Waals surface area contributed by atoms with E-state index >= 15 is 0 Å². The Bertz CT molecular complexity index is 1150. The second-order valence-electron chi connectivity index (χ2n) is 9.14. The number of hydrogen-bond donors (Lipinski definition) is 2. The fourth-order valence-electron chi connectivity index (χ4n) is 5.05. The topological polar surface area (TPSA) is 114 Å². The summed E-state index contributed by atoms with van der Waals surface area (Å²) in [5.74, 6) is 0.600. The van der Waals surface area contributed by atoms with Crippen LogP contribution in [-0.4, -0.2) is 76.0 Å². The van der Waals surface area contributed by atoms with Gasteiger partial charge in [0.1, 0.15) is 15.6 Å². The lowest BCUT2D eigenvalue weighted by Crippen LogP contribution is -2.34. The van der Waals surface area contributed by atoms with Crippen LogP contribution in [0.25, 0.3) is 0 Å². The monoisotopic (exact) mass is 518 g/mol. The third kappa shape index (κ3) is 5.93. The number of carboxylic acid groups (broad SMARTS) is 1. The molecule has 4 rings (SSSR count). The summed E-state index contributed by atoms with van der Waals surface area (Å²) in [5, 5.41) is 13.7. The summed E-state index contributed by atoms with van der Waals surface area (Å²) in [5.41, 5.74) is 1.82. The quantitative estimate of drug-likeness (QED) is 0.409. The van der Waals surface area contributed by atoms with Crippen LogP contribution in [0.1, 0.15) is 36.4 Å². The Balaban J connectivity index is 1.52. The van der Waals surface area contributed by atoms with Gasteiger partial charge in [-0.2, -0.15) is 0 Å². The highest BCUT2D eigenvalue weighted by Crippen LogP contribution is 2.47. The smallest absolute Gasteiger partial charge is 0.309 e. The minimum atomic E-state index is -2.98. The average Bonchev–Trinajstić information content (AvgIpc) is 3.50. The van der Waals surface area contributed by atoms with Crippen molar-refractivity contribution in [3.8, 4) is 17.2 Å². The van der Waals surface area contributed by atoms with Gasteiger partial charge in [-0.3, -0.25) is 9.69 Å². The molecule has 2 heterocycles. The summed E-state index contributed by atoms with van der Waals surface area (Å²) in [4.78, 5) is 14.8. The summed E-state index contributed by atoms with van der Waals surface area (Å²) in [6.07, 6.45) is 0.551. The number of rotatable bonds is 12. The zero-order valence-electron chi connectivity index (χ0n) is 20.7. The molecule has 0 aliphatic carbocycles. The molecule has 0 saturated carbocycles. The third-order valence-electron chi connectivity index (χ3n) is 6.99. The number of ether oxygens (including phenoxy) is 3. The normalized spacial score (nSPS) is 21.6. The van der Waals surface area contributed by atoms with Gasteiger partial charge in [0.05, 0.1) is 18.8 Å². The van der Waals surface area contributed by atoms with E-state index in [0.29, 0.717) is 49.8 Å². The molecule has 2 aromatic rings. The molecule has 1 fully saturated rings. The van der Waals surface area contributed by atoms with Crippen LogP contribution in [0.2, 0.25) is 0 Å². The molecule has 2 aromatic carbocycles. The molecule has 0 bridgehead atoms. The number of nitrogens with one attached hydrogen (secondary N) is 1. The molecule has 0 aromatic heterocycles. The van der Waals surface area contributed by atoms with Crippen molar-refractivity contribution in [2.24, 2.45) is 5.92 Å². The first kappa shape index (κ1) is 26.2. The molecule has 36 heavy (non-hydrogen) atoms. The highest BCUT2D eigenvalue weighted by molar-refractivity contribution is 7.91. The Morgan fingerprint density at radius 2 is 1.83 bits per heavy atom. The molecule has 0 radical (unpaired) electrons. The first-order valence-corrected chi connectivity index (χ1v) is 14.1. The van der Waals surface area contributed by atoms with E-state index in [0.717, 1.165) is 11.1 Å². The molecular weight excluding hydrogens is 484 g/mol. The molecule has 3 atom stereocenters. The van der Waals surface area contributed by atoms with Gasteiger partial charge in [-0.15, -0.1) is 0 Å². The Kier molecular flexibility index (Phi) is 8.38. The predicted octanol–water partition coefficient (Wildman–Crippen LogP) is 2.68. The summed E-state index contributed by atoms with van der Waals surface area (Å²) < 4.78 is 39.7. The maximum Gasteiger partial charge on any atom is 0.309 e. The van der Waals surface area contributed by atoms with Gasteiger partial charge in [0, 0.05) is 37.3 Å². The highest BCUT2D eigenvalue weighted by atomic mass is 32.2. The standard InChI is InChI=1S/C26H34N2O7S/c1-3-36(31,32)14-4-11-27-12-13-28-16-21(19-7-10-22-23(15-19)35-17-34-22)24(26(29)30)25(28)18-5-8-20(33-2)9-6-18/h5-10,15,21,24-25,27H,3-4,11-14,16-17H2,1-2H3,(H,29,30)/t21-,24+,25-/m1/s1. The largest absolute Gasteiger partial charge is 0.497 e. The number of carbonyl (C=O) groups is 1. The van der Waals surface area contributed by atoms with Gasteiger partial charge >= 0.3 is 5.97 Å². The maximum atomic E-state index is 12.6. The zero-order chi connectivity index (χ0) is 25.7. The molecule has 0 spiro atoms. The second-order valence-corrected chi connectivity index (χ2v) is 11.6. The van der Waals surface area contributed by atoms with Crippen molar-refractivity contribution in [3.63, 3.8) is 0 Å². The van der Waals surface area contributed by atoms with Crippen molar-refractivity contribution in [2.75, 3.05) is 51.6 Å². The summed E-state index contributed by atoms with van der Waals surface area (Å²) in [6, 6.07) is 12.9. The van der Waals surface area contributed by atoms with Gasteiger partial charge in [0.15, 0.2) is 11.5 Å². The number of carboxylic acids is 1. The van der Waals surface area contributed by atoms with Crippen LogP contribution < -0.4 is 19.5 Å². The van der Waals surface area contributed by atoms with E-state index < -0.39 is 21.7 Å². The van der Waals surface area contributed by atoms with Crippen LogP contribution in [0, 0.1) is 5.92 Å². The van der Waals surface area contributed by atoms with Crippen molar-refractivity contribution < 1.29 is 32.5 Å². The first-order valence-electron chi connectivity index (χ1n) is 12.2. The molecular formula is C26H34N2O7S. The van der Waals surface area contributed by atoms with Crippen LogP contribution in [0.15, 0.2) is 42.5 Å². The summed E-state index contributed by atoms with van der Waals surface area (Å²) >= 11 is 0. The first-order chi connectivity index (χ1) is 17.3. The lowest BCUT2D eigenvalue weighted by Gasteiger charge is -2.27. The van der Waals surface area contributed by atoms with Crippen LogP contribution in [-0.2, 0) is 14.6 Å². The number of hydrogen-bond acceptors (Lipinski definition) is 8. The van der Waals surface area contributed by atoms with Gasteiger partial charge in [-0.1, -0.05) is 25.1 Å². The van der Waals surface area contributed by atoms with E-state index in [1.807, 2.05) is 42.5 Å². The lowest BCUT2D eigenvalue weighted by atomic mass is 9.82. The fourth-order valence-corrected chi connectivity index (χ4v) is 5.92. The Hall–Kier alpha value is -2.82. The fraction of sp³-hybridized carbons (Fsp3) is 0.500. The minimum absolute atomic E-state index is 0.155. The van der Waals surface area contributed by atoms with E-state index in [1.54, 1.807) is 14.0 Å². The van der Waals surface area contributed by atoms with Crippen LogP contribution in [0.5, 0.6) is 17.2 Å².